The maximum atomic E-state index is 12.0. The lowest BCUT2D eigenvalue weighted by molar-refractivity contribution is -0.703. The van der Waals surface area contributed by atoms with Crippen molar-refractivity contribution < 1.29 is 36.7 Å². The molecule has 2 N–H and O–H groups in total. The second kappa shape index (κ2) is 9.13. The molecule has 6 nitrogen and oxygen atoms in total. The number of aryl methyl sites for hydroxylation is 1. The van der Waals surface area contributed by atoms with Crippen molar-refractivity contribution in [3.05, 3.63) is 47.8 Å². The molecule has 0 spiro atoms. The average molecular weight is 367 g/mol. The van der Waals surface area contributed by atoms with E-state index in [0.29, 0.717) is 24.2 Å². The molecule has 25 heavy (non-hydrogen) atoms. The summed E-state index contributed by atoms with van der Waals surface area (Å²) in [7, 11) is 3.88. The van der Waals surface area contributed by atoms with Gasteiger partial charge in [-0.25, -0.2) is 4.79 Å². The fraction of sp³-hybridized carbons (Fsp3) is 0.333. The molecule has 0 saturated carbocycles. The molecule has 2 aromatic rings. The van der Waals surface area contributed by atoms with E-state index in [2.05, 4.69) is 0 Å². The predicted octanol–water partition coefficient (Wildman–Crippen LogP) is -0.989. The summed E-state index contributed by atoms with van der Waals surface area (Å²) in [5.74, 6) is -0.623. The molecule has 0 aliphatic heterocycles. The summed E-state index contributed by atoms with van der Waals surface area (Å²) in [5.41, 5.74) is 2.11. The zero-order chi connectivity index (χ0) is 17.7. The van der Waals surface area contributed by atoms with Crippen molar-refractivity contribution in [2.45, 2.75) is 19.9 Å². The van der Waals surface area contributed by atoms with Crippen LogP contribution in [0.1, 0.15) is 22.5 Å². The third-order valence-electron chi connectivity index (χ3n) is 3.82. The van der Waals surface area contributed by atoms with Crippen LogP contribution in [-0.2, 0) is 11.3 Å². The molecule has 0 bridgehead atoms. The van der Waals surface area contributed by atoms with Crippen molar-refractivity contribution in [1.29, 1.82) is 0 Å². The number of carbonyl (C=O) groups is 1. The van der Waals surface area contributed by atoms with Crippen LogP contribution in [0.2, 0.25) is 0 Å². The summed E-state index contributed by atoms with van der Waals surface area (Å²) in [4.78, 5) is 13.9. The van der Waals surface area contributed by atoms with Crippen LogP contribution in [0, 0.1) is 6.92 Å². The molecule has 0 unspecified atom stereocenters. The average Bonchev–Trinajstić information content (AvgIpc) is 2.58. The maximum Gasteiger partial charge on any atom is 0.338 e. The summed E-state index contributed by atoms with van der Waals surface area (Å²) in [6.07, 6.45) is 2.30. The minimum absolute atomic E-state index is 0. The van der Waals surface area contributed by atoms with Crippen molar-refractivity contribution in [3.63, 3.8) is 0 Å². The summed E-state index contributed by atoms with van der Waals surface area (Å²) in [6, 6.07) is 8.66. The van der Waals surface area contributed by atoms with Gasteiger partial charge >= 0.3 is 5.97 Å². The number of rotatable bonds is 6. The minimum atomic E-state index is -0.351. The highest BCUT2D eigenvalue weighted by Gasteiger charge is 2.15. The molecule has 0 saturated heterocycles. The molecule has 1 aromatic carbocycles. The standard InChI is InChI=1S/C18H22N2O4.ClH/c1-13-17(22)16(21)9-11-20(13)10-4-12-24-18(23)14-5-7-15(8-6-14)19(2)3;/h5-9,11,22H,4,10,12H2,1-3H3;1H. The zero-order valence-corrected chi connectivity index (χ0v) is 15.3. The van der Waals surface area contributed by atoms with E-state index in [0.717, 1.165) is 5.69 Å². The Balaban J connectivity index is 0.00000312. The number of hydrogen-bond acceptors (Lipinski definition) is 5. The number of anilines is 1. The number of esters is 1. The van der Waals surface area contributed by atoms with Gasteiger partial charge in [-0.2, -0.15) is 4.57 Å². The van der Waals surface area contributed by atoms with Gasteiger partial charge in [0.15, 0.2) is 18.5 Å². The van der Waals surface area contributed by atoms with Gasteiger partial charge in [0.1, 0.15) is 0 Å². The summed E-state index contributed by atoms with van der Waals surface area (Å²) >= 11 is 0. The first kappa shape index (κ1) is 20.6. The van der Waals surface area contributed by atoms with Gasteiger partial charge in [0, 0.05) is 39.2 Å². The van der Waals surface area contributed by atoms with Crippen LogP contribution in [0.15, 0.2) is 36.5 Å². The molecule has 0 radical (unpaired) electrons. The highest BCUT2D eigenvalue weighted by Crippen LogP contribution is 2.24. The summed E-state index contributed by atoms with van der Waals surface area (Å²) in [6.45, 7) is 2.57. The Kier molecular flexibility index (Phi) is 7.51. The second-order valence-corrected chi connectivity index (χ2v) is 5.76. The van der Waals surface area contributed by atoms with Crippen molar-refractivity contribution in [1.82, 2.24) is 0 Å². The second-order valence-electron chi connectivity index (χ2n) is 5.76. The maximum absolute atomic E-state index is 12.0. The Morgan fingerprint density at radius 2 is 1.80 bits per heavy atom. The molecule has 0 fully saturated rings. The molecule has 2 rings (SSSR count). The van der Waals surface area contributed by atoms with E-state index in [4.69, 9.17) is 4.74 Å². The molecule has 0 amide bonds. The normalized spacial score (nSPS) is 10.0. The van der Waals surface area contributed by atoms with Crippen LogP contribution in [-0.4, -0.2) is 36.9 Å². The largest absolute Gasteiger partial charge is 1.00 e. The van der Waals surface area contributed by atoms with Crippen LogP contribution in [0.4, 0.5) is 5.69 Å². The Labute approximate surface area is 153 Å². The topological polar surface area (TPSA) is 73.9 Å². The smallest absolute Gasteiger partial charge is 0.338 e. The monoisotopic (exact) mass is 366 g/mol. The molecule has 136 valence electrons. The Morgan fingerprint density at radius 3 is 2.40 bits per heavy atom. The molecule has 1 aromatic heterocycles. The zero-order valence-electron chi connectivity index (χ0n) is 14.6. The van der Waals surface area contributed by atoms with E-state index in [1.807, 2.05) is 31.1 Å². The van der Waals surface area contributed by atoms with E-state index in [1.165, 1.54) is 6.07 Å². The first-order valence-electron chi connectivity index (χ1n) is 7.75. The third-order valence-corrected chi connectivity index (χ3v) is 3.82. The Bertz CT molecular complexity index is 718. The van der Waals surface area contributed by atoms with Crippen molar-refractivity contribution in [3.8, 4) is 11.5 Å². The first-order chi connectivity index (χ1) is 11.4. The highest BCUT2D eigenvalue weighted by molar-refractivity contribution is 5.89. The van der Waals surface area contributed by atoms with E-state index in [-0.39, 0.29) is 36.5 Å². The number of hydrogen-bond donors (Lipinski definition) is 2. The van der Waals surface area contributed by atoms with Gasteiger partial charge in [-0.15, -0.1) is 0 Å². The van der Waals surface area contributed by atoms with Crippen LogP contribution < -0.4 is 21.9 Å². The summed E-state index contributed by atoms with van der Waals surface area (Å²) < 4.78 is 7.07. The van der Waals surface area contributed by atoms with E-state index >= 15 is 0 Å². The van der Waals surface area contributed by atoms with Crippen LogP contribution in [0.5, 0.6) is 11.5 Å². The number of aromatic hydroxyl groups is 2. The number of pyridine rings is 1. The molecule has 7 heteroatoms. The quantitative estimate of drug-likeness (QED) is 0.390. The van der Waals surface area contributed by atoms with Gasteiger partial charge in [-0.3, -0.25) is 0 Å². The lowest BCUT2D eigenvalue weighted by atomic mass is 10.2. The number of carbonyl (C=O) groups excluding carboxylic acids is 1. The number of nitrogens with zero attached hydrogens (tertiary/aromatic N) is 2. The predicted molar refractivity (Wildman–Crippen MR) is 90.4 cm³/mol. The Hall–Kier alpha value is -2.47. The number of benzene rings is 1. The Morgan fingerprint density at radius 1 is 1.16 bits per heavy atom. The molecule has 0 aliphatic rings. The van der Waals surface area contributed by atoms with E-state index < -0.39 is 0 Å². The molecular formula is C18H23ClN2O4. The molecule has 0 aliphatic carbocycles. The molecular weight excluding hydrogens is 344 g/mol. The molecule has 0 atom stereocenters. The number of ether oxygens (including phenoxy) is 1. The van der Waals surface area contributed by atoms with E-state index in [1.54, 1.807) is 29.8 Å². The SMILES string of the molecule is Cc1c(O)c(O)cc[n+]1CCCOC(=O)c1ccc(N(C)C)cc1.[Cl-]. The minimum Gasteiger partial charge on any atom is -1.00 e. The summed E-state index contributed by atoms with van der Waals surface area (Å²) in [5, 5.41) is 19.1. The van der Waals surface area contributed by atoms with Gasteiger partial charge in [-0.05, 0) is 24.3 Å². The van der Waals surface area contributed by atoms with Crippen LogP contribution in [0.25, 0.3) is 0 Å². The van der Waals surface area contributed by atoms with Crippen molar-refractivity contribution >= 4 is 11.7 Å². The fourth-order valence-electron chi connectivity index (χ4n) is 2.29. The fourth-order valence-corrected chi connectivity index (χ4v) is 2.29. The van der Waals surface area contributed by atoms with Crippen molar-refractivity contribution in [2.24, 2.45) is 0 Å². The van der Waals surface area contributed by atoms with Gasteiger partial charge < -0.3 is 32.3 Å². The third kappa shape index (κ3) is 5.26. The first-order valence-corrected chi connectivity index (χ1v) is 7.75. The van der Waals surface area contributed by atoms with Gasteiger partial charge in [0.25, 0.3) is 0 Å². The van der Waals surface area contributed by atoms with E-state index in [9.17, 15) is 15.0 Å². The van der Waals surface area contributed by atoms with Crippen LogP contribution in [0.3, 0.4) is 0 Å². The lowest BCUT2D eigenvalue weighted by Gasteiger charge is -2.12. The molecule has 1 heterocycles. The van der Waals surface area contributed by atoms with Gasteiger partial charge in [0.2, 0.25) is 11.4 Å². The van der Waals surface area contributed by atoms with Crippen molar-refractivity contribution in [2.75, 3.05) is 25.6 Å². The van der Waals surface area contributed by atoms with Crippen LogP contribution >= 0.6 is 0 Å². The van der Waals surface area contributed by atoms with Gasteiger partial charge in [-0.1, -0.05) is 0 Å². The highest BCUT2D eigenvalue weighted by atomic mass is 35.5. The van der Waals surface area contributed by atoms with Gasteiger partial charge in [0.05, 0.1) is 12.2 Å². The lowest BCUT2D eigenvalue weighted by Crippen LogP contribution is -3.00. The number of halogens is 1. The number of aromatic nitrogens is 1.